The molecular weight excluding hydrogens is 198 g/mol. The van der Waals surface area contributed by atoms with E-state index in [1.165, 1.54) is 12.0 Å². The highest BCUT2D eigenvalue weighted by Gasteiger charge is 2.01. The van der Waals surface area contributed by atoms with Crippen molar-refractivity contribution in [3.63, 3.8) is 0 Å². The van der Waals surface area contributed by atoms with Crippen molar-refractivity contribution in [3.8, 4) is 0 Å². The lowest BCUT2D eigenvalue weighted by atomic mass is 10.4. The van der Waals surface area contributed by atoms with Crippen molar-refractivity contribution >= 4 is 12.0 Å². The van der Waals surface area contributed by atoms with Gasteiger partial charge in [-0.15, -0.1) is 0 Å². The van der Waals surface area contributed by atoms with Gasteiger partial charge in [-0.25, -0.2) is 4.79 Å². The van der Waals surface area contributed by atoms with E-state index in [2.05, 4.69) is 15.4 Å². The minimum absolute atomic E-state index is 0.121. The van der Waals surface area contributed by atoms with Crippen LogP contribution < -0.4 is 10.6 Å². The van der Waals surface area contributed by atoms with Crippen molar-refractivity contribution in [1.29, 1.82) is 0 Å². The molecule has 0 atom stereocenters. The highest BCUT2D eigenvalue weighted by atomic mass is 16.5. The van der Waals surface area contributed by atoms with Gasteiger partial charge in [-0.2, -0.15) is 0 Å². The molecule has 2 N–H and O–H groups in total. The smallest absolute Gasteiger partial charge is 0.316 e. The fourth-order valence-electron chi connectivity index (χ4n) is 0.833. The van der Waals surface area contributed by atoms with E-state index in [4.69, 9.17) is 0 Å². The Morgan fingerprint density at radius 2 is 1.87 bits per heavy atom. The van der Waals surface area contributed by atoms with Gasteiger partial charge in [0.25, 0.3) is 0 Å². The normalized spacial score (nSPS) is 9.53. The van der Waals surface area contributed by atoms with Gasteiger partial charge in [-0.1, -0.05) is 0 Å². The van der Waals surface area contributed by atoms with Gasteiger partial charge in [-0.3, -0.25) is 4.79 Å². The summed E-state index contributed by atoms with van der Waals surface area (Å²) in [6, 6.07) is -0.121. The van der Waals surface area contributed by atoms with E-state index >= 15 is 0 Å². The molecule has 0 aromatic rings. The summed E-state index contributed by atoms with van der Waals surface area (Å²) in [5.41, 5.74) is 0. The van der Waals surface area contributed by atoms with Crippen molar-refractivity contribution in [1.82, 2.24) is 15.5 Å². The summed E-state index contributed by atoms with van der Waals surface area (Å²) in [7, 11) is 4.72. The van der Waals surface area contributed by atoms with Gasteiger partial charge in [0, 0.05) is 33.7 Å². The summed E-state index contributed by atoms with van der Waals surface area (Å²) in [5.74, 6) is -0.236. The van der Waals surface area contributed by atoms with Crippen LogP contribution in [0.25, 0.3) is 0 Å². The maximum absolute atomic E-state index is 11.0. The lowest BCUT2D eigenvalue weighted by Crippen LogP contribution is -2.38. The van der Waals surface area contributed by atoms with E-state index in [0.717, 1.165) is 0 Å². The second-order valence-corrected chi connectivity index (χ2v) is 3.20. The van der Waals surface area contributed by atoms with Gasteiger partial charge in [0.15, 0.2) is 0 Å². The lowest BCUT2D eigenvalue weighted by molar-refractivity contribution is -0.140. The molecule has 0 rings (SSSR count). The molecule has 2 amide bonds. The molecule has 0 radical (unpaired) electrons. The first-order valence-electron chi connectivity index (χ1n) is 4.80. The van der Waals surface area contributed by atoms with Gasteiger partial charge in [0.1, 0.15) is 0 Å². The van der Waals surface area contributed by atoms with Gasteiger partial charge in [-0.05, 0) is 0 Å². The Bertz CT molecular complexity index is 207. The van der Waals surface area contributed by atoms with Gasteiger partial charge < -0.3 is 20.3 Å². The van der Waals surface area contributed by atoms with Gasteiger partial charge in [0.2, 0.25) is 0 Å². The molecule has 0 saturated carbocycles. The topological polar surface area (TPSA) is 70.7 Å². The minimum Gasteiger partial charge on any atom is -0.469 e. The van der Waals surface area contributed by atoms with E-state index in [9.17, 15) is 9.59 Å². The number of amides is 2. The molecule has 0 fully saturated rings. The van der Waals surface area contributed by atoms with E-state index < -0.39 is 0 Å². The van der Waals surface area contributed by atoms with Crippen LogP contribution >= 0.6 is 0 Å². The first-order valence-corrected chi connectivity index (χ1v) is 4.80. The number of hydrogen-bond acceptors (Lipinski definition) is 4. The van der Waals surface area contributed by atoms with E-state index in [-0.39, 0.29) is 12.0 Å². The zero-order chi connectivity index (χ0) is 11.7. The standard InChI is InChI=1S/C9H19N3O3/c1-12(2)9(14)11-7-6-10-5-4-8(13)15-3/h10H,4-7H2,1-3H3,(H,11,14). The molecule has 0 aromatic carbocycles. The molecule has 15 heavy (non-hydrogen) atoms. The van der Waals surface area contributed by atoms with Gasteiger partial charge in [0.05, 0.1) is 13.5 Å². The molecule has 0 spiro atoms. The van der Waals surface area contributed by atoms with Crippen LogP contribution in [0, 0.1) is 0 Å². The molecule has 0 aliphatic carbocycles. The third-order valence-electron chi connectivity index (χ3n) is 1.72. The molecule has 0 bridgehead atoms. The summed E-state index contributed by atoms with van der Waals surface area (Å²) >= 11 is 0. The molecule has 88 valence electrons. The van der Waals surface area contributed by atoms with Crippen LogP contribution in [0.2, 0.25) is 0 Å². The molecule has 6 heteroatoms. The summed E-state index contributed by atoms with van der Waals surface area (Å²) in [6.07, 6.45) is 0.345. The number of nitrogens with zero attached hydrogens (tertiary/aromatic N) is 1. The molecule has 0 saturated heterocycles. The molecule has 0 heterocycles. The molecule has 0 aliphatic heterocycles. The molecule has 0 unspecified atom stereocenters. The van der Waals surface area contributed by atoms with Crippen LogP contribution in [-0.2, 0) is 9.53 Å². The molecule has 0 aromatic heterocycles. The Balaban J connectivity index is 3.25. The highest BCUT2D eigenvalue weighted by molar-refractivity contribution is 5.73. The predicted octanol–water partition coefficient (Wildman–Crippen LogP) is -0.590. The Hall–Kier alpha value is -1.30. The quantitative estimate of drug-likeness (QED) is 0.461. The minimum atomic E-state index is -0.236. The number of esters is 1. The maximum Gasteiger partial charge on any atom is 0.316 e. The van der Waals surface area contributed by atoms with Crippen LogP contribution in [0.3, 0.4) is 0 Å². The third-order valence-corrected chi connectivity index (χ3v) is 1.72. The number of nitrogens with one attached hydrogen (secondary N) is 2. The Kier molecular flexibility index (Phi) is 7.35. The number of hydrogen-bond donors (Lipinski definition) is 2. The lowest BCUT2D eigenvalue weighted by Gasteiger charge is -2.11. The third kappa shape index (κ3) is 7.75. The van der Waals surface area contributed by atoms with E-state index in [1.807, 2.05) is 0 Å². The first kappa shape index (κ1) is 13.7. The van der Waals surface area contributed by atoms with Crippen molar-refractivity contribution in [2.45, 2.75) is 6.42 Å². The molecule has 6 nitrogen and oxygen atoms in total. The largest absolute Gasteiger partial charge is 0.469 e. The number of urea groups is 1. The van der Waals surface area contributed by atoms with Crippen LogP contribution in [0.4, 0.5) is 4.79 Å². The average Bonchev–Trinajstić information content (AvgIpc) is 2.22. The number of carbonyl (C=O) groups excluding carboxylic acids is 2. The zero-order valence-electron chi connectivity index (χ0n) is 9.50. The fraction of sp³-hybridized carbons (Fsp3) is 0.778. The number of methoxy groups -OCH3 is 1. The van der Waals surface area contributed by atoms with E-state index in [1.54, 1.807) is 14.1 Å². The monoisotopic (exact) mass is 217 g/mol. The van der Waals surface area contributed by atoms with Crippen LogP contribution in [-0.4, -0.2) is 57.7 Å². The van der Waals surface area contributed by atoms with Crippen molar-refractivity contribution in [3.05, 3.63) is 0 Å². The highest BCUT2D eigenvalue weighted by Crippen LogP contribution is 1.80. The summed E-state index contributed by atoms with van der Waals surface area (Å²) in [4.78, 5) is 23.2. The van der Waals surface area contributed by atoms with Gasteiger partial charge >= 0.3 is 12.0 Å². The zero-order valence-corrected chi connectivity index (χ0v) is 9.50. The Morgan fingerprint density at radius 3 is 2.40 bits per heavy atom. The maximum atomic E-state index is 11.0. The van der Waals surface area contributed by atoms with Crippen LogP contribution in [0.5, 0.6) is 0 Å². The second-order valence-electron chi connectivity index (χ2n) is 3.20. The predicted molar refractivity (Wildman–Crippen MR) is 56.6 cm³/mol. The molecule has 0 aliphatic rings. The summed E-state index contributed by atoms with van der Waals surface area (Å²) in [5, 5.41) is 5.70. The van der Waals surface area contributed by atoms with E-state index in [0.29, 0.717) is 26.1 Å². The second kappa shape index (κ2) is 8.05. The number of ether oxygens (including phenoxy) is 1. The SMILES string of the molecule is COC(=O)CCNCCNC(=O)N(C)C. The molecular formula is C9H19N3O3. The van der Waals surface area contributed by atoms with Crippen LogP contribution in [0.15, 0.2) is 0 Å². The van der Waals surface area contributed by atoms with Crippen LogP contribution in [0.1, 0.15) is 6.42 Å². The van der Waals surface area contributed by atoms with Crippen molar-refractivity contribution in [2.75, 3.05) is 40.8 Å². The number of rotatable bonds is 6. The summed E-state index contributed by atoms with van der Waals surface area (Å²) < 4.78 is 4.47. The first-order chi connectivity index (χ1) is 7.07. The Labute approximate surface area is 90.0 Å². The summed E-state index contributed by atoms with van der Waals surface area (Å²) in [6.45, 7) is 1.74. The van der Waals surface area contributed by atoms with Crippen molar-refractivity contribution < 1.29 is 14.3 Å². The number of carbonyl (C=O) groups is 2. The van der Waals surface area contributed by atoms with Crippen molar-refractivity contribution in [2.24, 2.45) is 0 Å². The Morgan fingerprint density at radius 1 is 1.20 bits per heavy atom. The fourth-order valence-corrected chi connectivity index (χ4v) is 0.833. The average molecular weight is 217 g/mol.